The second kappa shape index (κ2) is 4.89. The lowest BCUT2D eigenvalue weighted by molar-refractivity contribution is 0.303. The van der Waals surface area contributed by atoms with Crippen LogP contribution in [0.4, 0.5) is 5.69 Å². The molecule has 0 spiro atoms. The minimum Gasteiger partial charge on any atom is -0.411 e. The Morgan fingerprint density at radius 3 is 2.79 bits per heavy atom. The van der Waals surface area contributed by atoms with Crippen LogP contribution in [-0.2, 0) is 6.42 Å². The van der Waals surface area contributed by atoms with Gasteiger partial charge in [-0.3, -0.25) is 5.43 Å². The Morgan fingerprint density at radius 2 is 2.00 bits per heavy atom. The summed E-state index contributed by atoms with van der Waals surface area (Å²) in [6, 6.07) is 9.47. The van der Waals surface area contributed by atoms with Gasteiger partial charge in [-0.25, -0.2) is 4.63 Å². The maximum atomic E-state index is 9.02. The molecule has 0 unspecified atom stereocenters. The zero-order valence-corrected chi connectivity index (χ0v) is 9.95. The molecule has 19 heavy (non-hydrogen) atoms. The second-order valence-corrected chi connectivity index (χ2v) is 4.04. The molecule has 0 bridgehead atoms. The first-order valence-corrected chi connectivity index (χ1v) is 5.80. The fourth-order valence-corrected chi connectivity index (χ4v) is 1.89. The van der Waals surface area contributed by atoms with Gasteiger partial charge in [-0.05, 0) is 17.3 Å². The van der Waals surface area contributed by atoms with Crippen LogP contribution >= 0.6 is 0 Å². The van der Waals surface area contributed by atoms with E-state index in [0.29, 0.717) is 30.0 Å². The summed E-state index contributed by atoms with van der Waals surface area (Å²) in [5.74, 6) is 0. The highest BCUT2D eigenvalue weighted by Crippen LogP contribution is 2.17. The molecule has 1 aromatic heterocycles. The largest absolute Gasteiger partial charge is 0.411 e. The van der Waals surface area contributed by atoms with Crippen molar-refractivity contribution in [1.82, 2.24) is 10.3 Å². The molecule has 7 heteroatoms. The monoisotopic (exact) mass is 257 g/mol. The number of benzene rings is 1. The van der Waals surface area contributed by atoms with E-state index in [0.717, 1.165) is 11.4 Å². The summed E-state index contributed by atoms with van der Waals surface area (Å²) in [5, 5.41) is 24.1. The smallest absolute Gasteiger partial charge is 0.160 e. The summed E-state index contributed by atoms with van der Waals surface area (Å²) >= 11 is 0. The summed E-state index contributed by atoms with van der Waals surface area (Å²) in [6.07, 6.45) is 1.18. The molecule has 0 fully saturated rings. The van der Waals surface area contributed by atoms with Crippen LogP contribution in [-0.4, -0.2) is 26.9 Å². The van der Waals surface area contributed by atoms with Gasteiger partial charge < -0.3 is 5.21 Å². The maximum absolute atomic E-state index is 9.02. The van der Waals surface area contributed by atoms with Crippen LogP contribution in [0, 0.1) is 0 Å². The van der Waals surface area contributed by atoms with E-state index in [4.69, 9.17) is 9.84 Å². The van der Waals surface area contributed by atoms with Gasteiger partial charge in [0.2, 0.25) is 0 Å². The second-order valence-electron chi connectivity index (χ2n) is 4.04. The predicted molar refractivity (Wildman–Crippen MR) is 68.4 cm³/mol. The van der Waals surface area contributed by atoms with Crippen molar-refractivity contribution in [3.05, 3.63) is 41.7 Å². The molecule has 0 saturated heterocycles. The van der Waals surface area contributed by atoms with Gasteiger partial charge in [-0.15, -0.1) is 0 Å². The van der Waals surface area contributed by atoms with Crippen molar-refractivity contribution in [2.45, 2.75) is 12.8 Å². The average Bonchev–Trinajstić information content (AvgIpc) is 2.94. The molecule has 0 amide bonds. The van der Waals surface area contributed by atoms with Crippen LogP contribution in [0.3, 0.4) is 0 Å². The summed E-state index contributed by atoms with van der Waals surface area (Å²) in [6.45, 7) is 0. The summed E-state index contributed by atoms with van der Waals surface area (Å²) in [7, 11) is 0. The summed E-state index contributed by atoms with van der Waals surface area (Å²) < 4.78 is 4.70. The third kappa shape index (κ3) is 2.17. The van der Waals surface area contributed by atoms with Gasteiger partial charge in [0.15, 0.2) is 5.69 Å². The van der Waals surface area contributed by atoms with E-state index in [1.807, 2.05) is 30.3 Å². The number of nitrogens with zero attached hydrogens (tertiary/aromatic N) is 4. The topological polar surface area (TPSA) is 95.9 Å². The van der Waals surface area contributed by atoms with Crippen LogP contribution in [0.25, 0.3) is 0 Å². The highest BCUT2D eigenvalue weighted by Gasteiger charge is 2.27. The quantitative estimate of drug-likeness (QED) is 0.630. The number of para-hydroxylation sites is 1. The molecule has 1 aliphatic rings. The molecule has 2 aromatic rings. The van der Waals surface area contributed by atoms with Gasteiger partial charge >= 0.3 is 0 Å². The Bertz CT molecular complexity index is 633. The Hall–Kier alpha value is -2.70. The van der Waals surface area contributed by atoms with Crippen molar-refractivity contribution in [3.63, 3.8) is 0 Å². The molecule has 2 N–H and O–H groups in total. The van der Waals surface area contributed by atoms with Crippen molar-refractivity contribution in [2.24, 2.45) is 10.3 Å². The summed E-state index contributed by atoms with van der Waals surface area (Å²) in [4.78, 5) is 0. The molecule has 0 aliphatic heterocycles. The van der Waals surface area contributed by atoms with Crippen molar-refractivity contribution in [2.75, 3.05) is 5.43 Å². The van der Waals surface area contributed by atoms with Gasteiger partial charge in [-0.2, -0.15) is 5.10 Å². The number of aromatic nitrogens is 2. The van der Waals surface area contributed by atoms with Crippen molar-refractivity contribution in [1.29, 1.82) is 0 Å². The first kappa shape index (κ1) is 11.4. The zero-order valence-electron chi connectivity index (χ0n) is 9.95. The highest BCUT2D eigenvalue weighted by molar-refractivity contribution is 6.48. The average molecular weight is 257 g/mol. The Kier molecular flexibility index (Phi) is 2.93. The van der Waals surface area contributed by atoms with E-state index in [1.165, 1.54) is 0 Å². The SMILES string of the molecule is ON=C1CCc2nonc2C1=NNc1ccccc1. The fourth-order valence-electron chi connectivity index (χ4n) is 1.89. The number of hydrogen-bond donors (Lipinski definition) is 2. The molecule has 1 aromatic carbocycles. The van der Waals surface area contributed by atoms with E-state index in [-0.39, 0.29) is 0 Å². The standard InChI is InChI=1S/C12H11N5O2/c18-15-9-6-7-10-12(17-19-16-10)11(9)14-13-8-4-2-1-3-5-8/h1-5,13,18H,6-7H2. The molecule has 3 rings (SSSR count). The first-order chi connectivity index (χ1) is 9.38. The Labute approximate surface area is 108 Å². The normalized spacial score (nSPS) is 18.5. The van der Waals surface area contributed by atoms with Gasteiger partial charge in [0.25, 0.3) is 0 Å². The molecular formula is C12H11N5O2. The van der Waals surface area contributed by atoms with Gasteiger partial charge in [0.05, 0.1) is 5.69 Å². The number of hydrogen-bond acceptors (Lipinski definition) is 7. The number of fused-ring (bicyclic) bond motifs is 1. The molecular weight excluding hydrogens is 246 g/mol. The lowest BCUT2D eigenvalue weighted by atomic mass is 9.97. The molecule has 0 atom stereocenters. The van der Waals surface area contributed by atoms with Crippen LogP contribution in [0.2, 0.25) is 0 Å². The van der Waals surface area contributed by atoms with Gasteiger partial charge in [0.1, 0.15) is 17.1 Å². The molecule has 7 nitrogen and oxygen atoms in total. The number of aryl methyl sites for hydroxylation is 1. The molecule has 0 saturated carbocycles. The van der Waals surface area contributed by atoms with E-state index >= 15 is 0 Å². The Balaban J connectivity index is 1.94. The number of nitrogens with one attached hydrogen (secondary N) is 1. The van der Waals surface area contributed by atoms with Crippen molar-refractivity contribution < 1.29 is 9.84 Å². The maximum Gasteiger partial charge on any atom is 0.160 e. The van der Waals surface area contributed by atoms with E-state index in [1.54, 1.807) is 0 Å². The molecule has 96 valence electrons. The van der Waals surface area contributed by atoms with Gasteiger partial charge in [-0.1, -0.05) is 28.5 Å². The van der Waals surface area contributed by atoms with Gasteiger partial charge in [0, 0.05) is 12.8 Å². The minimum atomic E-state index is 0.453. The first-order valence-electron chi connectivity index (χ1n) is 5.80. The number of hydrazone groups is 1. The van der Waals surface area contributed by atoms with E-state index in [9.17, 15) is 0 Å². The lowest BCUT2D eigenvalue weighted by Gasteiger charge is -2.11. The molecule has 1 heterocycles. The van der Waals surface area contributed by atoms with E-state index < -0.39 is 0 Å². The van der Waals surface area contributed by atoms with Crippen LogP contribution < -0.4 is 5.43 Å². The number of anilines is 1. The number of oxime groups is 1. The van der Waals surface area contributed by atoms with Crippen LogP contribution in [0.5, 0.6) is 0 Å². The minimum absolute atomic E-state index is 0.453. The van der Waals surface area contributed by atoms with Crippen molar-refractivity contribution >= 4 is 17.1 Å². The van der Waals surface area contributed by atoms with E-state index in [2.05, 4.69) is 26.0 Å². The van der Waals surface area contributed by atoms with Crippen LogP contribution in [0.1, 0.15) is 17.8 Å². The zero-order chi connectivity index (χ0) is 13.1. The third-order valence-electron chi connectivity index (χ3n) is 2.84. The predicted octanol–water partition coefficient (Wildman–Crippen LogP) is 1.66. The van der Waals surface area contributed by atoms with Crippen LogP contribution in [0.15, 0.2) is 45.2 Å². The lowest BCUT2D eigenvalue weighted by Crippen LogP contribution is -2.24. The fraction of sp³-hybridized carbons (Fsp3) is 0.167. The molecule has 1 aliphatic carbocycles. The third-order valence-corrected chi connectivity index (χ3v) is 2.84. The number of rotatable bonds is 2. The molecule has 0 radical (unpaired) electrons. The Morgan fingerprint density at radius 1 is 1.16 bits per heavy atom. The highest BCUT2D eigenvalue weighted by atomic mass is 16.6. The summed E-state index contributed by atoms with van der Waals surface area (Å²) in [5.41, 5.74) is 5.88. The van der Waals surface area contributed by atoms with Crippen molar-refractivity contribution in [3.8, 4) is 0 Å².